The number of nitrogens with zero attached hydrogens (tertiary/aromatic N) is 2. The van der Waals surface area contributed by atoms with Gasteiger partial charge in [-0.15, -0.1) is 0 Å². The lowest BCUT2D eigenvalue weighted by Gasteiger charge is -2.23. The van der Waals surface area contributed by atoms with E-state index in [1.165, 1.54) is 51.0 Å². The third kappa shape index (κ3) is 3.85. The Kier molecular flexibility index (Phi) is 4.92. The Labute approximate surface area is 128 Å². The van der Waals surface area contributed by atoms with Gasteiger partial charge in [0, 0.05) is 31.2 Å². The Morgan fingerprint density at radius 2 is 1.86 bits per heavy atom. The maximum atomic E-state index is 5.40. The van der Waals surface area contributed by atoms with Gasteiger partial charge >= 0.3 is 0 Å². The van der Waals surface area contributed by atoms with Crippen LogP contribution in [0.15, 0.2) is 24.3 Å². The van der Waals surface area contributed by atoms with Gasteiger partial charge in [0.2, 0.25) is 0 Å². The molecular weight excluding hydrogens is 258 g/mol. The van der Waals surface area contributed by atoms with Crippen molar-refractivity contribution in [2.45, 2.75) is 31.8 Å². The Bertz CT molecular complexity index is 506. The van der Waals surface area contributed by atoms with Crippen LogP contribution in [0.4, 0.5) is 0 Å². The van der Waals surface area contributed by atoms with Gasteiger partial charge in [-0.3, -0.25) is 9.80 Å². The lowest BCUT2D eigenvalue weighted by atomic mass is 10.1. The molecule has 3 nitrogen and oxygen atoms in total. The number of rotatable bonds is 3. The summed E-state index contributed by atoms with van der Waals surface area (Å²) in [5, 5.41) is 0. The molecule has 0 amide bonds. The van der Waals surface area contributed by atoms with Gasteiger partial charge in [0.1, 0.15) is 0 Å². The summed E-state index contributed by atoms with van der Waals surface area (Å²) in [5.41, 5.74) is 7.84. The fourth-order valence-corrected chi connectivity index (χ4v) is 3.47. The first-order valence-electron chi connectivity index (χ1n) is 8.09. The van der Waals surface area contributed by atoms with E-state index < -0.39 is 0 Å². The molecule has 0 radical (unpaired) electrons. The monoisotopic (exact) mass is 283 g/mol. The van der Waals surface area contributed by atoms with Crippen LogP contribution in [-0.2, 0) is 6.54 Å². The molecule has 0 saturated carbocycles. The fourth-order valence-electron chi connectivity index (χ4n) is 3.47. The zero-order valence-electron chi connectivity index (χ0n) is 12.7. The minimum absolute atomic E-state index is 0.424. The number of likely N-dealkylation sites (tertiary alicyclic amines) is 2. The number of nitrogens with two attached hydrogens (primary N) is 1. The molecule has 1 aromatic rings. The van der Waals surface area contributed by atoms with E-state index in [9.17, 15) is 0 Å². The van der Waals surface area contributed by atoms with Crippen molar-refractivity contribution in [2.24, 2.45) is 5.73 Å². The second kappa shape index (κ2) is 7.09. The topological polar surface area (TPSA) is 32.5 Å². The van der Waals surface area contributed by atoms with Crippen LogP contribution < -0.4 is 5.73 Å². The van der Waals surface area contributed by atoms with Crippen LogP contribution >= 0.6 is 0 Å². The van der Waals surface area contributed by atoms with Crippen LogP contribution in [0.5, 0.6) is 0 Å². The maximum Gasteiger partial charge on any atom is 0.0555 e. The normalized spacial score (nSPS) is 23.2. The quantitative estimate of drug-likeness (QED) is 0.857. The second-order valence-corrected chi connectivity index (χ2v) is 6.12. The van der Waals surface area contributed by atoms with Crippen molar-refractivity contribution in [1.82, 2.24) is 9.80 Å². The van der Waals surface area contributed by atoms with Gasteiger partial charge < -0.3 is 5.73 Å². The average Bonchev–Trinajstić information content (AvgIpc) is 3.17. The molecule has 21 heavy (non-hydrogen) atoms. The van der Waals surface area contributed by atoms with Crippen molar-refractivity contribution in [2.75, 3.05) is 32.7 Å². The summed E-state index contributed by atoms with van der Waals surface area (Å²) in [7, 11) is 0. The van der Waals surface area contributed by atoms with E-state index in [1.807, 2.05) is 0 Å². The second-order valence-electron chi connectivity index (χ2n) is 6.12. The molecule has 3 heteroatoms. The van der Waals surface area contributed by atoms with Crippen LogP contribution in [0.3, 0.4) is 0 Å². The molecule has 0 spiro atoms. The predicted molar refractivity (Wildman–Crippen MR) is 86.9 cm³/mol. The summed E-state index contributed by atoms with van der Waals surface area (Å²) >= 11 is 0. The predicted octanol–water partition coefficient (Wildman–Crippen LogP) is 1.67. The highest BCUT2D eigenvalue weighted by atomic mass is 15.3. The summed E-state index contributed by atoms with van der Waals surface area (Å²) in [4.78, 5) is 5.27. The smallest absolute Gasteiger partial charge is 0.0555 e. The van der Waals surface area contributed by atoms with Crippen LogP contribution in [0.25, 0.3) is 0 Å². The molecule has 2 fully saturated rings. The van der Waals surface area contributed by atoms with Crippen LogP contribution in [-0.4, -0.2) is 48.6 Å². The molecule has 112 valence electrons. The Hall–Kier alpha value is -1.34. The highest BCUT2D eigenvalue weighted by molar-refractivity contribution is 5.36. The molecule has 2 aliphatic heterocycles. The molecule has 3 rings (SSSR count). The van der Waals surface area contributed by atoms with E-state index in [0.717, 1.165) is 18.2 Å². The highest BCUT2D eigenvalue weighted by Gasteiger charge is 2.28. The van der Waals surface area contributed by atoms with Crippen molar-refractivity contribution < 1.29 is 0 Å². The average molecular weight is 283 g/mol. The highest BCUT2D eigenvalue weighted by Crippen LogP contribution is 2.21. The molecule has 0 bridgehead atoms. The first-order chi connectivity index (χ1) is 10.3. The van der Waals surface area contributed by atoms with Crippen LogP contribution in [0.2, 0.25) is 0 Å². The van der Waals surface area contributed by atoms with Crippen LogP contribution in [0, 0.1) is 11.8 Å². The van der Waals surface area contributed by atoms with Gasteiger partial charge in [-0.2, -0.15) is 0 Å². The molecule has 1 atom stereocenters. The molecule has 2 saturated heterocycles. The van der Waals surface area contributed by atoms with Gasteiger partial charge in [0.15, 0.2) is 0 Å². The number of benzene rings is 1. The van der Waals surface area contributed by atoms with Gasteiger partial charge in [-0.05, 0) is 50.0 Å². The first-order valence-corrected chi connectivity index (χ1v) is 8.09. The summed E-state index contributed by atoms with van der Waals surface area (Å²) in [6.45, 7) is 6.58. The molecule has 2 aliphatic rings. The van der Waals surface area contributed by atoms with Crippen molar-refractivity contribution in [3.8, 4) is 11.8 Å². The molecule has 1 unspecified atom stereocenters. The molecular formula is C18H25N3. The Balaban J connectivity index is 1.52. The minimum Gasteiger partial charge on any atom is -0.320 e. The number of hydrogen-bond donors (Lipinski definition) is 1. The van der Waals surface area contributed by atoms with Gasteiger partial charge in [0.05, 0.1) is 6.54 Å². The SMILES string of the molecule is NCC#Cc1ccc(CN2CCC(N3CCCC3)C2)cc1. The lowest BCUT2D eigenvalue weighted by Crippen LogP contribution is -2.35. The maximum absolute atomic E-state index is 5.40. The van der Waals surface area contributed by atoms with E-state index in [-0.39, 0.29) is 0 Å². The van der Waals surface area contributed by atoms with E-state index >= 15 is 0 Å². The zero-order chi connectivity index (χ0) is 14.5. The summed E-state index contributed by atoms with van der Waals surface area (Å²) in [6, 6.07) is 9.40. The molecule has 0 aromatic heterocycles. The molecule has 0 aliphatic carbocycles. The van der Waals surface area contributed by atoms with Gasteiger partial charge in [-0.1, -0.05) is 24.0 Å². The third-order valence-corrected chi connectivity index (χ3v) is 4.60. The van der Waals surface area contributed by atoms with Crippen LogP contribution in [0.1, 0.15) is 30.4 Å². The summed E-state index contributed by atoms with van der Waals surface area (Å²) in [5.74, 6) is 5.97. The largest absolute Gasteiger partial charge is 0.320 e. The summed E-state index contributed by atoms with van der Waals surface area (Å²) in [6.07, 6.45) is 4.11. The molecule has 2 heterocycles. The van der Waals surface area contributed by atoms with E-state index in [0.29, 0.717) is 6.54 Å². The lowest BCUT2D eigenvalue weighted by molar-refractivity contribution is 0.230. The van der Waals surface area contributed by atoms with E-state index in [4.69, 9.17) is 5.73 Å². The fraction of sp³-hybridized carbons (Fsp3) is 0.556. The van der Waals surface area contributed by atoms with E-state index in [2.05, 4.69) is 45.9 Å². The van der Waals surface area contributed by atoms with E-state index in [1.54, 1.807) is 0 Å². The zero-order valence-corrected chi connectivity index (χ0v) is 12.7. The summed E-state index contributed by atoms with van der Waals surface area (Å²) < 4.78 is 0. The minimum atomic E-state index is 0.424. The van der Waals surface area contributed by atoms with Gasteiger partial charge in [-0.25, -0.2) is 0 Å². The van der Waals surface area contributed by atoms with Crippen molar-refractivity contribution >= 4 is 0 Å². The molecule has 1 aromatic carbocycles. The standard InChI is InChI=1S/C18H25N3/c19-10-3-4-16-5-7-17(8-6-16)14-20-13-9-18(15-20)21-11-1-2-12-21/h5-8,18H,1-2,9-15,19H2. The first kappa shape index (κ1) is 14.6. The third-order valence-electron chi connectivity index (χ3n) is 4.60. The van der Waals surface area contributed by atoms with Crippen molar-refractivity contribution in [3.63, 3.8) is 0 Å². The Morgan fingerprint density at radius 1 is 1.10 bits per heavy atom. The number of hydrogen-bond acceptors (Lipinski definition) is 3. The molecule has 2 N–H and O–H groups in total. The van der Waals surface area contributed by atoms with Gasteiger partial charge in [0.25, 0.3) is 0 Å². The van der Waals surface area contributed by atoms with Crippen molar-refractivity contribution in [1.29, 1.82) is 0 Å². The Morgan fingerprint density at radius 3 is 2.57 bits per heavy atom. The van der Waals surface area contributed by atoms with Crippen molar-refractivity contribution in [3.05, 3.63) is 35.4 Å².